The molecule has 0 aliphatic carbocycles. The monoisotopic (exact) mass is 414 g/mol. The third kappa shape index (κ3) is 38.4. The Morgan fingerprint density at radius 2 is 0.966 bits per heavy atom. The molecule has 0 saturated heterocycles. The highest BCUT2D eigenvalue weighted by atomic mass is 16.1. The van der Waals surface area contributed by atoms with E-state index in [4.69, 9.17) is 11.5 Å². The van der Waals surface area contributed by atoms with E-state index in [0.717, 1.165) is 25.8 Å². The molecule has 0 bridgehead atoms. The lowest BCUT2D eigenvalue weighted by Gasteiger charge is -2.01. The fourth-order valence-electron chi connectivity index (χ4n) is 3.08. The van der Waals surface area contributed by atoms with Crippen molar-refractivity contribution >= 4 is 5.91 Å². The second kappa shape index (κ2) is 31.8. The van der Waals surface area contributed by atoms with Crippen molar-refractivity contribution in [1.82, 2.24) is 0 Å². The van der Waals surface area contributed by atoms with Gasteiger partial charge in [0.2, 0.25) is 5.91 Å². The third-order valence-electron chi connectivity index (χ3n) is 4.97. The second-order valence-corrected chi connectivity index (χ2v) is 8.00. The van der Waals surface area contributed by atoms with Gasteiger partial charge in [0.15, 0.2) is 0 Å². The van der Waals surface area contributed by atoms with Crippen molar-refractivity contribution < 1.29 is 10.3 Å². The lowest BCUT2D eigenvalue weighted by Crippen LogP contribution is -2.09. The zero-order valence-corrected chi connectivity index (χ0v) is 19.9. The Balaban J connectivity index is -0.00000123. The molecule has 1 amide bonds. The van der Waals surface area contributed by atoms with Crippen molar-refractivity contribution in [2.24, 2.45) is 11.5 Å². The number of nitrogens with two attached hydrogens (primary N) is 2. The molecule has 4 heteroatoms. The molecule has 0 aromatic rings. The zero-order valence-electron chi connectivity index (χ0n) is 19.9. The van der Waals surface area contributed by atoms with E-state index in [0.29, 0.717) is 6.42 Å². The van der Waals surface area contributed by atoms with Gasteiger partial charge < -0.3 is 16.9 Å². The molecule has 0 aliphatic rings. The number of unbranched alkanes of at least 4 members (excludes halogenated alkanes) is 15. The van der Waals surface area contributed by atoms with E-state index in [2.05, 4.69) is 26.0 Å². The summed E-state index contributed by atoms with van der Waals surface area (Å²) in [5, 5.41) is 0. The van der Waals surface area contributed by atoms with E-state index >= 15 is 0 Å². The SMILES string of the molecule is CCCCCCCC/C=C\CCCCCCCCCCCC(N)=O.CCCN.O. The van der Waals surface area contributed by atoms with Crippen molar-refractivity contribution in [1.29, 1.82) is 0 Å². The highest BCUT2D eigenvalue weighted by molar-refractivity contribution is 5.73. The molecule has 0 saturated carbocycles. The van der Waals surface area contributed by atoms with Crippen LogP contribution in [0.3, 0.4) is 0 Å². The van der Waals surface area contributed by atoms with Crippen LogP contribution in [0.15, 0.2) is 12.2 Å². The number of carbonyl (C=O) groups is 1. The lowest BCUT2D eigenvalue weighted by atomic mass is 10.1. The molecule has 0 heterocycles. The minimum Gasteiger partial charge on any atom is -0.412 e. The van der Waals surface area contributed by atoms with E-state index in [1.807, 2.05) is 0 Å². The Kier molecular flexibility index (Phi) is 36.0. The quantitative estimate of drug-likeness (QED) is 0.173. The molecule has 0 aliphatic heterocycles. The number of amides is 1. The summed E-state index contributed by atoms with van der Waals surface area (Å²) in [6.45, 7) is 5.15. The van der Waals surface area contributed by atoms with Gasteiger partial charge in [-0.05, 0) is 45.1 Å². The molecule has 0 rings (SSSR count). The van der Waals surface area contributed by atoms with Gasteiger partial charge >= 0.3 is 0 Å². The van der Waals surface area contributed by atoms with Gasteiger partial charge in [-0.2, -0.15) is 0 Å². The van der Waals surface area contributed by atoms with E-state index < -0.39 is 0 Å². The van der Waals surface area contributed by atoms with Crippen LogP contribution in [-0.4, -0.2) is 17.9 Å². The molecular formula is C25H54N2O2. The van der Waals surface area contributed by atoms with E-state index in [9.17, 15) is 4.79 Å². The average molecular weight is 415 g/mol. The molecule has 0 spiro atoms. The summed E-state index contributed by atoms with van der Waals surface area (Å²) in [7, 11) is 0. The highest BCUT2D eigenvalue weighted by Gasteiger charge is 1.95. The van der Waals surface area contributed by atoms with Crippen LogP contribution >= 0.6 is 0 Å². The van der Waals surface area contributed by atoms with Crippen molar-refractivity contribution in [3.8, 4) is 0 Å². The van der Waals surface area contributed by atoms with E-state index in [1.165, 1.54) is 96.3 Å². The third-order valence-corrected chi connectivity index (χ3v) is 4.97. The van der Waals surface area contributed by atoms with Gasteiger partial charge in [-0.1, -0.05) is 103 Å². The number of primary amides is 1. The first-order valence-electron chi connectivity index (χ1n) is 12.3. The molecule has 176 valence electrons. The van der Waals surface area contributed by atoms with Crippen LogP contribution in [0.4, 0.5) is 0 Å². The van der Waals surface area contributed by atoms with Gasteiger partial charge in [0.25, 0.3) is 0 Å². The summed E-state index contributed by atoms with van der Waals surface area (Å²) in [6, 6.07) is 0. The van der Waals surface area contributed by atoms with Gasteiger partial charge in [0.05, 0.1) is 0 Å². The summed E-state index contributed by atoms with van der Waals surface area (Å²) >= 11 is 0. The van der Waals surface area contributed by atoms with Crippen LogP contribution in [0.2, 0.25) is 0 Å². The first kappa shape index (κ1) is 32.8. The van der Waals surface area contributed by atoms with Gasteiger partial charge in [-0.25, -0.2) is 0 Å². The molecular weight excluding hydrogens is 360 g/mol. The van der Waals surface area contributed by atoms with Crippen LogP contribution in [-0.2, 0) is 4.79 Å². The topological polar surface area (TPSA) is 101 Å². The van der Waals surface area contributed by atoms with Crippen LogP contribution < -0.4 is 11.5 Å². The minimum absolute atomic E-state index is 0. The van der Waals surface area contributed by atoms with E-state index in [-0.39, 0.29) is 11.4 Å². The fraction of sp³-hybridized carbons (Fsp3) is 0.880. The predicted octanol–water partition coefficient (Wildman–Crippen LogP) is 6.60. The molecule has 0 radical (unpaired) electrons. The Labute approximate surface area is 182 Å². The molecule has 0 fully saturated rings. The van der Waals surface area contributed by atoms with Gasteiger partial charge in [-0.15, -0.1) is 0 Å². The number of carbonyl (C=O) groups excluding carboxylic acids is 1. The molecule has 0 aromatic heterocycles. The molecule has 29 heavy (non-hydrogen) atoms. The van der Waals surface area contributed by atoms with Crippen LogP contribution in [0.25, 0.3) is 0 Å². The van der Waals surface area contributed by atoms with Gasteiger partial charge in [0.1, 0.15) is 0 Å². The number of allylic oxidation sites excluding steroid dienone is 2. The summed E-state index contributed by atoms with van der Waals surface area (Å²) in [6.07, 6.45) is 28.9. The maximum atomic E-state index is 10.6. The molecule has 6 N–H and O–H groups in total. The van der Waals surface area contributed by atoms with Crippen molar-refractivity contribution in [2.75, 3.05) is 6.54 Å². The summed E-state index contributed by atoms with van der Waals surface area (Å²) < 4.78 is 0. The first-order chi connectivity index (χ1) is 13.7. The Hall–Kier alpha value is -0.870. The van der Waals surface area contributed by atoms with E-state index in [1.54, 1.807) is 0 Å². The summed E-state index contributed by atoms with van der Waals surface area (Å²) in [4.78, 5) is 10.6. The Morgan fingerprint density at radius 3 is 1.31 bits per heavy atom. The number of hydrogen-bond acceptors (Lipinski definition) is 2. The molecule has 0 unspecified atom stereocenters. The van der Waals surface area contributed by atoms with Crippen molar-refractivity contribution in [3.63, 3.8) is 0 Å². The standard InChI is InChI=1S/C22H43NO.C3H9N.H2O/c1-2-3-4-5-6-7-8-9-10-11-12-13-14-15-16-17-18-19-20-21-22(23)24;1-2-3-4;/h9-10H,2-8,11-21H2,1H3,(H2,23,24);2-4H2,1H3;1H2/b10-9-;;. The van der Waals surface area contributed by atoms with Crippen molar-refractivity contribution in [2.45, 2.75) is 136 Å². The smallest absolute Gasteiger partial charge is 0.217 e. The summed E-state index contributed by atoms with van der Waals surface area (Å²) in [5.74, 6) is -0.156. The first-order valence-corrected chi connectivity index (χ1v) is 12.3. The Morgan fingerprint density at radius 1 is 0.621 bits per heavy atom. The van der Waals surface area contributed by atoms with Crippen LogP contribution in [0.1, 0.15) is 136 Å². The minimum atomic E-state index is -0.156. The van der Waals surface area contributed by atoms with Crippen LogP contribution in [0.5, 0.6) is 0 Å². The number of rotatable bonds is 20. The fourth-order valence-corrected chi connectivity index (χ4v) is 3.08. The summed E-state index contributed by atoms with van der Waals surface area (Å²) in [5.41, 5.74) is 10.2. The molecule has 0 atom stereocenters. The normalized spacial score (nSPS) is 10.4. The second-order valence-electron chi connectivity index (χ2n) is 8.00. The maximum Gasteiger partial charge on any atom is 0.217 e. The Bertz CT molecular complexity index is 318. The lowest BCUT2D eigenvalue weighted by molar-refractivity contribution is -0.118. The molecule has 4 nitrogen and oxygen atoms in total. The predicted molar refractivity (Wildman–Crippen MR) is 130 cm³/mol. The molecule has 0 aromatic carbocycles. The number of hydrogen-bond donors (Lipinski definition) is 2. The maximum absolute atomic E-state index is 10.6. The zero-order chi connectivity index (χ0) is 21.1. The highest BCUT2D eigenvalue weighted by Crippen LogP contribution is 2.12. The largest absolute Gasteiger partial charge is 0.412 e. The van der Waals surface area contributed by atoms with Gasteiger partial charge in [-0.3, -0.25) is 4.79 Å². The van der Waals surface area contributed by atoms with Crippen molar-refractivity contribution in [3.05, 3.63) is 12.2 Å². The average Bonchev–Trinajstić information content (AvgIpc) is 2.69. The van der Waals surface area contributed by atoms with Gasteiger partial charge in [0, 0.05) is 6.42 Å². The van der Waals surface area contributed by atoms with Crippen LogP contribution in [0, 0.1) is 0 Å².